The Hall–Kier alpha value is -1.63. The van der Waals surface area contributed by atoms with Crippen molar-refractivity contribution in [3.8, 4) is 0 Å². The second kappa shape index (κ2) is 5.62. The fraction of sp³-hybridized carbons (Fsp3) is 0.700. The first-order valence-corrected chi connectivity index (χ1v) is 5.47. The minimum absolute atomic E-state index is 0.0530. The summed E-state index contributed by atoms with van der Waals surface area (Å²) < 4.78 is 0. The van der Waals surface area contributed by atoms with Gasteiger partial charge in [-0.2, -0.15) is 0 Å². The molecule has 7 heteroatoms. The molecule has 1 fully saturated rings. The Labute approximate surface area is 98.2 Å². The number of aliphatic carboxylic acids is 2. The van der Waals surface area contributed by atoms with E-state index in [-0.39, 0.29) is 12.8 Å². The number of carboxylic acids is 2. The third kappa shape index (κ3) is 3.42. The number of likely N-dealkylation sites (tertiary alicyclic amines) is 1. The zero-order chi connectivity index (χ0) is 13.0. The molecule has 0 spiro atoms. The molecule has 0 aromatic heterocycles. The second-order valence-electron chi connectivity index (χ2n) is 4.12. The average Bonchev–Trinajstić information content (AvgIpc) is 2.73. The molecule has 0 aromatic rings. The first-order valence-electron chi connectivity index (χ1n) is 5.47. The molecular formula is C10H15N2O5-. The fourth-order valence-corrected chi connectivity index (χ4v) is 1.93. The van der Waals surface area contributed by atoms with Crippen molar-refractivity contribution in [2.45, 2.75) is 37.8 Å². The van der Waals surface area contributed by atoms with Crippen LogP contribution in [0.1, 0.15) is 25.7 Å². The molecule has 1 amide bonds. The molecule has 1 saturated heterocycles. The van der Waals surface area contributed by atoms with Crippen LogP contribution in [0.25, 0.3) is 0 Å². The molecule has 96 valence electrons. The van der Waals surface area contributed by atoms with Crippen LogP contribution < -0.4 is 15.9 Å². The molecular weight excluding hydrogens is 228 g/mol. The second-order valence-corrected chi connectivity index (χ2v) is 4.12. The van der Waals surface area contributed by atoms with Crippen LogP contribution in [-0.2, 0) is 14.4 Å². The standard InChI is InChI=1S/C10H16N2O5/c11-6(3-4-8(13)14)9(15)12-5-1-2-7(12)10(16)17/h6-7H,1-5,11H2,(H,13,14)(H,16,17)/p-1. The molecule has 1 rings (SSSR count). The van der Waals surface area contributed by atoms with Gasteiger partial charge in [0.25, 0.3) is 5.91 Å². The monoisotopic (exact) mass is 243 g/mol. The van der Waals surface area contributed by atoms with Gasteiger partial charge in [0.15, 0.2) is 6.04 Å². The number of amides is 1. The summed E-state index contributed by atoms with van der Waals surface area (Å²) in [6.07, 6.45) is 0.778. The predicted molar refractivity (Wildman–Crippen MR) is 50.7 cm³/mol. The van der Waals surface area contributed by atoms with Gasteiger partial charge in [-0.15, -0.1) is 0 Å². The Balaban J connectivity index is 2.56. The van der Waals surface area contributed by atoms with Crippen molar-refractivity contribution < 1.29 is 30.3 Å². The van der Waals surface area contributed by atoms with Gasteiger partial charge in [0.05, 0.1) is 12.0 Å². The highest BCUT2D eigenvalue weighted by Crippen LogP contribution is 2.17. The largest absolute Gasteiger partial charge is 0.550 e. The van der Waals surface area contributed by atoms with E-state index in [9.17, 15) is 24.6 Å². The van der Waals surface area contributed by atoms with E-state index in [1.165, 1.54) is 4.90 Å². The minimum Gasteiger partial charge on any atom is -0.550 e. The Kier molecular flexibility index (Phi) is 4.45. The molecule has 1 heterocycles. The third-order valence-electron chi connectivity index (χ3n) is 2.85. The van der Waals surface area contributed by atoms with Crippen LogP contribution in [0, 0.1) is 0 Å². The van der Waals surface area contributed by atoms with Crippen molar-refractivity contribution >= 4 is 17.8 Å². The van der Waals surface area contributed by atoms with Crippen LogP contribution in [0.2, 0.25) is 0 Å². The summed E-state index contributed by atoms with van der Waals surface area (Å²) in [4.78, 5) is 34.1. The van der Waals surface area contributed by atoms with Gasteiger partial charge in [-0.25, -0.2) is 0 Å². The maximum atomic E-state index is 11.8. The highest BCUT2D eigenvalue weighted by molar-refractivity contribution is 5.86. The fourth-order valence-electron chi connectivity index (χ4n) is 1.93. The van der Waals surface area contributed by atoms with Crippen LogP contribution >= 0.6 is 0 Å². The van der Waals surface area contributed by atoms with E-state index in [4.69, 9.17) is 0 Å². The van der Waals surface area contributed by atoms with Gasteiger partial charge < -0.3 is 30.4 Å². The molecule has 3 N–H and O–H groups in total. The lowest BCUT2D eigenvalue weighted by Crippen LogP contribution is -2.69. The Bertz CT molecular complexity index is 331. The zero-order valence-electron chi connectivity index (χ0n) is 9.39. The first-order chi connectivity index (χ1) is 7.93. The maximum Gasteiger partial charge on any atom is 0.281 e. The summed E-state index contributed by atoms with van der Waals surface area (Å²) in [5.41, 5.74) is 3.55. The SMILES string of the molecule is [NH3+]C(CCC(=O)[O-])C(=O)N1CCCC1C(=O)[O-]. The van der Waals surface area contributed by atoms with Crippen LogP contribution in [-0.4, -0.2) is 41.4 Å². The smallest absolute Gasteiger partial charge is 0.281 e. The Morgan fingerprint density at radius 1 is 1.35 bits per heavy atom. The first kappa shape index (κ1) is 13.4. The van der Waals surface area contributed by atoms with Crippen molar-refractivity contribution in [3.05, 3.63) is 0 Å². The molecule has 0 saturated carbocycles. The molecule has 7 nitrogen and oxygen atoms in total. The lowest BCUT2D eigenvalue weighted by Gasteiger charge is -2.26. The normalized spacial score (nSPS) is 21.2. The molecule has 0 aliphatic carbocycles. The van der Waals surface area contributed by atoms with Gasteiger partial charge >= 0.3 is 0 Å². The lowest BCUT2D eigenvalue weighted by atomic mass is 10.1. The van der Waals surface area contributed by atoms with Crippen molar-refractivity contribution in [2.24, 2.45) is 0 Å². The van der Waals surface area contributed by atoms with Crippen LogP contribution in [0.3, 0.4) is 0 Å². The molecule has 2 unspecified atom stereocenters. The number of carbonyl (C=O) groups is 3. The highest BCUT2D eigenvalue weighted by Gasteiger charge is 2.33. The van der Waals surface area contributed by atoms with Gasteiger partial charge in [0.1, 0.15) is 0 Å². The summed E-state index contributed by atoms with van der Waals surface area (Å²) in [6, 6.07) is -1.66. The molecule has 0 bridgehead atoms. The summed E-state index contributed by atoms with van der Waals surface area (Å²) >= 11 is 0. The topological polar surface area (TPSA) is 128 Å². The number of quaternary nitrogens is 1. The van der Waals surface area contributed by atoms with Crippen LogP contribution in [0.5, 0.6) is 0 Å². The maximum absolute atomic E-state index is 11.8. The summed E-state index contributed by atoms with van der Waals surface area (Å²) in [5, 5.41) is 21.0. The van der Waals surface area contributed by atoms with E-state index in [2.05, 4.69) is 5.73 Å². The van der Waals surface area contributed by atoms with E-state index >= 15 is 0 Å². The van der Waals surface area contributed by atoms with Crippen molar-refractivity contribution in [1.29, 1.82) is 0 Å². The molecule has 2 atom stereocenters. The number of hydrogen-bond acceptors (Lipinski definition) is 5. The quantitative estimate of drug-likeness (QED) is 0.524. The van der Waals surface area contributed by atoms with Gasteiger partial charge in [-0.1, -0.05) is 0 Å². The average molecular weight is 243 g/mol. The van der Waals surface area contributed by atoms with Crippen molar-refractivity contribution in [2.75, 3.05) is 6.54 Å². The van der Waals surface area contributed by atoms with E-state index in [0.717, 1.165) is 0 Å². The number of carboxylic acid groups (broad SMARTS) is 2. The van der Waals surface area contributed by atoms with Gasteiger partial charge in [0.2, 0.25) is 0 Å². The van der Waals surface area contributed by atoms with E-state index in [0.29, 0.717) is 19.4 Å². The Morgan fingerprint density at radius 3 is 2.53 bits per heavy atom. The van der Waals surface area contributed by atoms with Crippen molar-refractivity contribution in [3.63, 3.8) is 0 Å². The van der Waals surface area contributed by atoms with E-state index in [1.807, 2.05) is 0 Å². The van der Waals surface area contributed by atoms with Crippen molar-refractivity contribution in [1.82, 2.24) is 4.90 Å². The van der Waals surface area contributed by atoms with Crippen LogP contribution in [0.4, 0.5) is 0 Å². The third-order valence-corrected chi connectivity index (χ3v) is 2.85. The number of hydrogen-bond donors (Lipinski definition) is 1. The Morgan fingerprint density at radius 2 is 2.00 bits per heavy atom. The predicted octanol–water partition coefficient (Wildman–Crippen LogP) is -4.13. The number of nitrogens with zero attached hydrogens (tertiary/aromatic N) is 1. The minimum atomic E-state index is -1.28. The zero-order valence-corrected chi connectivity index (χ0v) is 9.39. The molecule has 17 heavy (non-hydrogen) atoms. The lowest BCUT2D eigenvalue weighted by molar-refractivity contribution is -0.408. The van der Waals surface area contributed by atoms with Gasteiger partial charge in [0, 0.05) is 18.9 Å². The molecule has 0 radical (unpaired) electrons. The molecule has 1 aliphatic rings. The number of carbonyl (C=O) groups excluding carboxylic acids is 3. The van der Waals surface area contributed by atoms with E-state index in [1.54, 1.807) is 0 Å². The van der Waals surface area contributed by atoms with Gasteiger partial charge in [-0.3, -0.25) is 4.79 Å². The van der Waals surface area contributed by atoms with E-state index < -0.39 is 29.9 Å². The van der Waals surface area contributed by atoms with Crippen LogP contribution in [0.15, 0.2) is 0 Å². The summed E-state index contributed by atoms with van der Waals surface area (Å²) in [5.74, 6) is -2.95. The number of rotatable bonds is 5. The summed E-state index contributed by atoms with van der Waals surface area (Å²) in [6.45, 7) is 0.356. The van der Waals surface area contributed by atoms with Gasteiger partial charge in [-0.05, 0) is 19.3 Å². The summed E-state index contributed by atoms with van der Waals surface area (Å²) in [7, 11) is 0. The molecule has 1 aliphatic heterocycles. The highest BCUT2D eigenvalue weighted by atomic mass is 16.4. The molecule has 0 aromatic carbocycles.